The number of rotatable bonds is 11. The number of nitrogens with one attached hydrogen (secondary N) is 2. The molecule has 0 aliphatic carbocycles. The maximum Gasteiger partial charge on any atom is 0.333 e. The highest BCUT2D eigenvalue weighted by atomic mass is 32.1. The van der Waals surface area contributed by atoms with Gasteiger partial charge in [0.15, 0.2) is 0 Å². The topological polar surface area (TPSA) is 87.7 Å². The number of nitrogens with zero attached hydrogens (tertiary/aromatic N) is 1. The van der Waals surface area contributed by atoms with Gasteiger partial charge in [-0.15, -0.1) is 11.3 Å². The average Bonchev–Trinajstić information content (AvgIpc) is 3.30. The van der Waals surface area contributed by atoms with Crippen molar-refractivity contribution in [2.24, 2.45) is 11.3 Å². The van der Waals surface area contributed by atoms with Crippen LogP contribution in [0.3, 0.4) is 0 Å². The zero-order chi connectivity index (χ0) is 27.1. The van der Waals surface area contributed by atoms with Crippen molar-refractivity contribution in [1.82, 2.24) is 15.5 Å². The summed E-state index contributed by atoms with van der Waals surface area (Å²) in [5.74, 6) is -0.784. The van der Waals surface area contributed by atoms with Crippen molar-refractivity contribution in [3.63, 3.8) is 0 Å². The van der Waals surface area contributed by atoms with E-state index in [0.29, 0.717) is 5.57 Å². The van der Waals surface area contributed by atoms with E-state index in [-0.39, 0.29) is 30.4 Å². The lowest BCUT2D eigenvalue weighted by Crippen LogP contribution is -2.61. The summed E-state index contributed by atoms with van der Waals surface area (Å²) in [7, 11) is 3.48. The molecule has 0 fully saturated rings. The van der Waals surface area contributed by atoms with Gasteiger partial charge in [-0.1, -0.05) is 60.6 Å². The lowest BCUT2D eigenvalue weighted by Gasteiger charge is -2.39. The lowest BCUT2D eigenvalue weighted by atomic mass is 9.80. The van der Waals surface area contributed by atoms with Gasteiger partial charge >= 0.3 is 5.97 Å². The molecule has 3 atom stereocenters. The Kier molecular flexibility index (Phi) is 11.2. The molecule has 2 amide bonds. The highest BCUT2D eigenvalue weighted by molar-refractivity contribution is 7.10. The van der Waals surface area contributed by atoms with Crippen molar-refractivity contribution in [3.8, 4) is 0 Å². The molecule has 1 heterocycles. The van der Waals surface area contributed by atoms with Crippen LogP contribution in [0.5, 0.6) is 0 Å². The number of likely N-dealkylation sites (N-methyl/N-ethyl adjacent to an activating group) is 2. The van der Waals surface area contributed by atoms with Gasteiger partial charge in [0, 0.05) is 22.9 Å². The van der Waals surface area contributed by atoms with E-state index in [1.807, 2.05) is 66.0 Å². The Balaban J connectivity index is 3.26. The zero-order valence-corrected chi connectivity index (χ0v) is 24.1. The second-order valence-corrected chi connectivity index (χ2v) is 11.9. The van der Waals surface area contributed by atoms with E-state index in [1.54, 1.807) is 50.3 Å². The predicted octanol–water partition coefficient (Wildman–Crippen LogP) is 4.14. The first-order valence-corrected chi connectivity index (χ1v) is 13.1. The Bertz CT molecular complexity index is 885. The molecule has 1 aromatic heterocycles. The van der Waals surface area contributed by atoms with E-state index < -0.39 is 28.9 Å². The molecule has 0 saturated heterocycles. The minimum Gasteiger partial charge on any atom is -0.463 e. The molecular formula is C27H45N3O4S. The Morgan fingerprint density at radius 3 is 2.17 bits per heavy atom. The van der Waals surface area contributed by atoms with Crippen molar-refractivity contribution in [1.29, 1.82) is 0 Å². The number of hydrogen-bond acceptors (Lipinski definition) is 6. The van der Waals surface area contributed by atoms with Gasteiger partial charge in [-0.25, -0.2) is 4.79 Å². The summed E-state index contributed by atoms with van der Waals surface area (Å²) in [5, 5.41) is 8.20. The Morgan fingerprint density at radius 1 is 1.14 bits per heavy atom. The SMILES string of the molecule is CCOC(=O)/C(C)=C/[C@H](C(C)C)N(C)C(=O)[C@@H](NC(=O)[C@H](NC)C(C)(C)c1cccs1)C(C)(C)C. The zero-order valence-electron chi connectivity index (χ0n) is 23.3. The average molecular weight is 508 g/mol. The number of hydrogen-bond donors (Lipinski definition) is 2. The third-order valence-electron chi connectivity index (χ3n) is 6.32. The summed E-state index contributed by atoms with van der Waals surface area (Å²) in [6.45, 7) is 17.6. The van der Waals surface area contributed by atoms with Crippen LogP contribution in [0.1, 0.15) is 67.2 Å². The van der Waals surface area contributed by atoms with Crippen LogP contribution < -0.4 is 10.6 Å². The van der Waals surface area contributed by atoms with Gasteiger partial charge in [0.05, 0.1) is 18.7 Å². The van der Waals surface area contributed by atoms with E-state index in [9.17, 15) is 14.4 Å². The summed E-state index contributed by atoms with van der Waals surface area (Å²) < 4.78 is 5.11. The molecule has 0 radical (unpaired) electrons. The van der Waals surface area contributed by atoms with Gasteiger partial charge in [-0.3, -0.25) is 9.59 Å². The second kappa shape index (κ2) is 12.7. The van der Waals surface area contributed by atoms with Gasteiger partial charge in [0.2, 0.25) is 11.8 Å². The number of esters is 1. The second-order valence-electron chi connectivity index (χ2n) is 11.0. The Hall–Kier alpha value is -2.19. The van der Waals surface area contributed by atoms with Gasteiger partial charge in [-0.2, -0.15) is 0 Å². The minimum atomic E-state index is -0.757. The summed E-state index contributed by atoms with van der Waals surface area (Å²) in [5.41, 5.74) is -0.549. The molecule has 0 aliphatic rings. The fourth-order valence-corrected chi connectivity index (χ4v) is 5.04. The van der Waals surface area contributed by atoms with Crippen LogP contribution in [0.4, 0.5) is 0 Å². The van der Waals surface area contributed by atoms with E-state index >= 15 is 0 Å². The van der Waals surface area contributed by atoms with Crippen LogP contribution in [0.15, 0.2) is 29.2 Å². The number of carbonyl (C=O) groups excluding carboxylic acids is 3. The van der Waals surface area contributed by atoms with Crippen LogP contribution in [0, 0.1) is 11.3 Å². The summed E-state index contributed by atoms with van der Waals surface area (Å²) in [6.07, 6.45) is 1.78. The molecule has 0 aliphatic heterocycles. The number of amides is 2. The minimum absolute atomic E-state index is 0.0486. The van der Waals surface area contributed by atoms with Crippen LogP contribution in [-0.4, -0.2) is 61.5 Å². The molecule has 0 aromatic carbocycles. The first-order valence-electron chi connectivity index (χ1n) is 12.2. The van der Waals surface area contributed by atoms with Crippen LogP contribution in [0.2, 0.25) is 0 Å². The summed E-state index contributed by atoms with van der Waals surface area (Å²) >= 11 is 1.61. The fraction of sp³-hybridized carbons (Fsp3) is 0.667. The summed E-state index contributed by atoms with van der Waals surface area (Å²) in [4.78, 5) is 42.2. The maximum atomic E-state index is 13.8. The first kappa shape index (κ1) is 30.8. The first-order chi connectivity index (χ1) is 16.1. The van der Waals surface area contributed by atoms with E-state index in [4.69, 9.17) is 4.74 Å². The van der Waals surface area contributed by atoms with Crippen molar-refractivity contribution in [2.75, 3.05) is 20.7 Å². The molecule has 1 aromatic rings. The smallest absolute Gasteiger partial charge is 0.333 e. The molecular weight excluding hydrogens is 462 g/mol. The Labute approximate surface area is 215 Å². The quantitative estimate of drug-likeness (QED) is 0.347. The van der Waals surface area contributed by atoms with Crippen molar-refractivity contribution in [2.45, 2.75) is 85.9 Å². The lowest BCUT2D eigenvalue weighted by molar-refractivity contribution is -0.141. The number of thiophene rings is 1. The van der Waals surface area contributed by atoms with Crippen molar-refractivity contribution >= 4 is 29.1 Å². The molecule has 1 rings (SSSR count). The van der Waals surface area contributed by atoms with Crippen LogP contribution in [-0.2, 0) is 24.5 Å². The molecule has 35 heavy (non-hydrogen) atoms. The van der Waals surface area contributed by atoms with Crippen LogP contribution in [0.25, 0.3) is 0 Å². The summed E-state index contributed by atoms with van der Waals surface area (Å²) in [6, 6.07) is 2.37. The third-order valence-corrected chi connectivity index (χ3v) is 7.53. The highest BCUT2D eigenvalue weighted by Crippen LogP contribution is 2.32. The largest absolute Gasteiger partial charge is 0.463 e. The molecule has 0 bridgehead atoms. The third kappa shape index (κ3) is 7.90. The number of carbonyl (C=O) groups is 3. The normalized spacial score (nSPS) is 15.4. The van der Waals surface area contributed by atoms with E-state index in [2.05, 4.69) is 10.6 Å². The standard InChI is InChI=1S/C27H45N3O4S/c1-12-34-25(33)18(4)16-19(17(2)3)30(11)24(32)22(26(5,6)7)29-23(31)21(28-10)27(8,9)20-14-13-15-35-20/h13-17,19,21-22,28H,12H2,1-11H3,(H,29,31)/b18-16+/t19-,21+,22-/m1/s1. The molecule has 0 saturated carbocycles. The fourth-order valence-electron chi connectivity index (χ4n) is 4.15. The van der Waals surface area contributed by atoms with Crippen molar-refractivity contribution < 1.29 is 19.1 Å². The maximum absolute atomic E-state index is 13.8. The van der Waals surface area contributed by atoms with Gasteiger partial charge in [0.25, 0.3) is 0 Å². The van der Waals surface area contributed by atoms with Gasteiger partial charge < -0.3 is 20.3 Å². The van der Waals surface area contributed by atoms with E-state index in [0.717, 1.165) is 4.88 Å². The molecule has 2 N–H and O–H groups in total. The van der Waals surface area contributed by atoms with Gasteiger partial charge in [0.1, 0.15) is 6.04 Å². The molecule has 0 unspecified atom stereocenters. The van der Waals surface area contributed by atoms with Crippen molar-refractivity contribution in [3.05, 3.63) is 34.0 Å². The van der Waals surface area contributed by atoms with Crippen LogP contribution >= 0.6 is 11.3 Å². The predicted molar refractivity (Wildman–Crippen MR) is 143 cm³/mol. The van der Waals surface area contributed by atoms with Gasteiger partial charge in [-0.05, 0) is 43.7 Å². The molecule has 198 valence electrons. The highest BCUT2D eigenvalue weighted by Gasteiger charge is 2.42. The number of ether oxygens (including phenoxy) is 1. The van der Waals surface area contributed by atoms with E-state index in [1.165, 1.54) is 0 Å². The molecule has 0 spiro atoms. The molecule has 7 nitrogen and oxygen atoms in total. The molecule has 8 heteroatoms. The Morgan fingerprint density at radius 2 is 1.74 bits per heavy atom. The monoisotopic (exact) mass is 507 g/mol.